The zero-order chi connectivity index (χ0) is 12.0. The van der Waals surface area contributed by atoms with Gasteiger partial charge in [-0.15, -0.1) is 0 Å². The fraction of sp³-hybridized carbons (Fsp3) is 0.714. The summed E-state index contributed by atoms with van der Waals surface area (Å²) in [6, 6.07) is 2.42. The number of nitrogens with one attached hydrogen (secondary N) is 1. The maximum absolute atomic E-state index is 5.60. The molecule has 0 radical (unpaired) electrons. The Labute approximate surface area is 99.4 Å². The summed E-state index contributed by atoms with van der Waals surface area (Å²) in [5.41, 5.74) is 1.26. The second-order valence-corrected chi connectivity index (χ2v) is 4.71. The second kappa shape index (κ2) is 6.74. The van der Waals surface area contributed by atoms with E-state index in [1.54, 1.807) is 6.26 Å². The molecule has 0 amide bonds. The van der Waals surface area contributed by atoms with Crippen LogP contribution < -0.4 is 5.32 Å². The molecule has 2 nitrogen and oxygen atoms in total. The smallest absolute Gasteiger partial charge is 0.123 e. The van der Waals surface area contributed by atoms with Gasteiger partial charge in [0.1, 0.15) is 5.76 Å². The van der Waals surface area contributed by atoms with E-state index >= 15 is 0 Å². The molecule has 0 spiro atoms. The third-order valence-corrected chi connectivity index (χ3v) is 3.09. The molecule has 0 bridgehead atoms. The normalized spacial score (nSPS) is 15.0. The van der Waals surface area contributed by atoms with E-state index in [0.29, 0.717) is 6.04 Å². The lowest BCUT2D eigenvalue weighted by atomic mass is 9.95. The largest absolute Gasteiger partial charge is 0.467 e. The van der Waals surface area contributed by atoms with Crippen molar-refractivity contribution < 1.29 is 4.42 Å². The van der Waals surface area contributed by atoms with Crippen LogP contribution in [0.5, 0.6) is 0 Å². The Bertz CT molecular complexity index is 293. The topological polar surface area (TPSA) is 25.2 Å². The maximum atomic E-state index is 5.60. The van der Waals surface area contributed by atoms with E-state index in [1.807, 2.05) is 6.07 Å². The van der Waals surface area contributed by atoms with Gasteiger partial charge in [0.25, 0.3) is 0 Å². The third kappa shape index (κ3) is 3.67. The molecule has 1 rings (SSSR count). The minimum atomic E-state index is 0.376. The fourth-order valence-electron chi connectivity index (χ4n) is 2.28. The van der Waals surface area contributed by atoms with E-state index in [0.717, 1.165) is 24.6 Å². The Hall–Kier alpha value is -0.760. The van der Waals surface area contributed by atoms with Crippen LogP contribution in [0.15, 0.2) is 16.7 Å². The lowest BCUT2D eigenvalue weighted by molar-refractivity contribution is 0.343. The highest BCUT2D eigenvalue weighted by Crippen LogP contribution is 2.26. The van der Waals surface area contributed by atoms with E-state index in [2.05, 4.69) is 33.0 Å². The van der Waals surface area contributed by atoms with Crippen molar-refractivity contribution in [1.29, 1.82) is 0 Å². The van der Waals surface area contributed by atoms with Gasteiger partial charge in [-0.2, -0.15) is 0 Å². The van der Waals surface area contributed by atoms with Crippen LogP contribution in [0.2, 0.25) is 0 Å². The Morgan fingerprint density at radius 3 is 2.62 bits per heavy atom. The molecule has 0 saturated carbocycles. The lowest BCUT2D eigenvalue weighted by Gasteiger charge is -2.20. The molecule has 1 N–H and O–H groups in total. The standard InChI is InChI=1S/C14H25NO/c1-5-7-11(3)10-13(15-6-2)14-12(4)8-9-16-14/h8-9,11,13,15H,5-7,10H2,1-4H3. The van der Waals surface area contributed by atoms with Crippen LogP contribution in [0.25, 0.3) is 0 Å². The molecule has 0 fully saturated rings. The van der Waals surface area contributed by atoms with Crippen LogP contribution >= 0.6 is 0 Å². The molecule has 0 aromatic carbocycles. The highest BCUT2D eigenvalue weighted by atomic mass is 16.3. The molecule has 1 aromatic heterocycles. The predicted molar refractivity (Wildman–Crippen MR) is 68.6 cm³/mol. The quantitative estimate of drug-likeness (QED) is 0.754. The zero-order valence-electron chi connectivity index (χ0n) is 11.0. The Morgan fingerprint density at radius 2 is 2.12 bits per heavy atom. The fourth-order valence-corrected chi connectivity index (χ4v) is 2.28. The molecule has 2 unspecified atom stereocenters. The van der Waals surface area contributed by atoms with Crippen LogP contribution in [0.4, 0.5) is 0 Å². The van der Waals surface area contributed by atoms with Crippen LogP contribution in [-0.4, -0.2) is 6.54 Å². The highest BCUT2D eigenvalue weighted by Gasteiger charge is 2.18. The van der Waals surface area contributed by atoms with Gasteiger partial charge in [-0.3, -0.25) is 0 Å². The van der Waals surface area contributed by atoms with Crippen molar-refractivity contribution >= 4 is 0 Å². The molecule has 16 heavy (non-hydrogen) atoms. The average Bonchev–Trinajstić information content (AvgIpc) is 2.64. The predicted octanol–water partition coefficient (Wildman–Crippen LogP) is 4.06. The van der Waals surface area contributed by atoms with Gasteiger partial charge in [0.15, 0.2) is 0 Å². The molecular formula is C14H25NO. The number of aryl methyl sites for hydroxylation is 1. The summed E-state index contributed by atoms with van der Waals surface area (Å²) < 4.78 is 5.60. The number of rotatable bonds is 7. The third-order valence-electron chi connectivity index (χ3n) is 3.09. The summed E-state index contributed by atoms with van der Waals surface area (Å²) in [7, 11) is 0. The minimum absolute atomic E-state index is 0.376. The first-order chi connectivity index (χ1) is 7.69. The molecule has 0 aliphatic rings. The Morgan fingerprint density at radius 1 is 1.38 bits per heavy atom. The molecule has 0 aliphatic carbocycles. The first-order valence-electron chi connectivity index (χ1n) is 6.46. The van der Waals surface area contributed by atoms with Gasteiger partial charge < -0.3 is 9.73 Å². The number of furan rings is 1. The van der Waals surface area contributed by atoms with E-state index in [4.69, 9.17) is 4.42 Å². The number of hydrogen-bond acceptors (Lipinski definition) is 2. The Kier molecular flexibility index (Phi) is 5.61. The van der Waals surface area contributed by atoms with Crippen molar-refractivity contribution in [2.45, 2.75) is 53.0 Å². The van der Waals surface area contributed by atoms with E-state index in [9.17, 15) is 0 Å². The van der Waals surface area contributed by atoms with Gasteiger partial charge in [0.05, 0.1) is 12.3 Å². The van der Waals surface area contributed by atoms with Gasteiger partial charge in [0.2, 0.25) is 0 Å². The first-order valence-corrected chi connectivity index (χ1v) is 6.46. The molecular weight excluding hydrogens is 198 g/mol. The maximum Gasteiger partial charge on any atom is 0.123 e. The molecule has 1 heterocycles. The van der Waals surface area contributed by atoms with Crippen molar-refractivity contribution in [2.24, 2.45) is 5.92 Å². The SMILES string of the molecule is CCCC(C)CC(NCC)c1occc1C. The van der Waals surface area contributed by atoms with Crippen molar-refractivity contribution in [2.75, 3.05) is 6.54 Å². The van der Waals surface area contributed by atoms with E-state index < -0.39 is 0 Å². The van der Waals surface area contributed by atoms with E-state index in [1.165, 1.54) is 18.4 Å². The van der Waals surface area contributed by atoms with E-state index in [-0.39, 0.29) is 0 Å². The van der Waals surface area contributed by atoms with Crippen LogP contribution in [0.1, 0.15) is 57.4 Å². The van der Waals surface area contributed by atoms with Crippen LogP contribution in [-0.2, 0) is 0 Å². The van der Waals surface area contributed by atoms with Crippen LogP contribution in [0.3, 0.4) is 0 Å². The highest BCUT2D eigenvalue weighted by molar-refractivity contribution is 5.18. The lowest BCUT2D eigenvalue weighted by Crippen LogP contribution is -2.23. The summed E-state index contributed by atoms with van der Waals surface area (Å²) in [6.45, 7) is 9.83. The van der Waals surface area contributed by atoms with Crippen molar-refractivity contribution in [3.8, 4) is 0 Å². The summed E-state index contributed by atoms with van der Waals surface area (Å²) in [6.07, 6.45) is 5.51. The summed E-state index contributed by atoms with van der Waals surface area (Å²) >= 11 is 0. The average molecular weight is 223 g/mol. The summed E-state index contributed by atoms with van der Waals surface area (Å²) in [5.74, 6) is 1.86. The molecule has 0 aliphatic heterocycles. The molecule has 0 saturated heterocycles. The number of hydrogen-bond donors (Lipinski definition) is 1. The molecule has 2 heteroatoms. The monoisotopic (exact) mass is 223 g/mol. The van der Waals surface area contributed by atoms with Crippen molar-refractivity contribution in [1.82, 2.24) is 5.32 Å². The van der Waals surface area contributed by atoms with Crippen molar-refractivity contribution in [3.63, 3.8) is 0 Å². The summed E-state index contributed by atoms with van der Waals surface area (Å²) in [4.78, 5) is 0. The Balaban J connectivity index is 2.64. The molecule has 2 atom stereocenters. The second-order valence-electron chi connectivity index (χ2n) is 4.71. The van der Waals surface area contributed by atoms with Gasteiger partial charge in [-0.05, 0) is 37.4 Å². The van der Waals surface area contributed by atoms with Gasteiger partial charge in [0, 0.05) is 0 Å². The zero-order valence-corrected chi connectivity index (χ0v) is 11.0. The van der Waals surface area contributed by atoms with Gasteiger partial charge in [-0.25, -0.2) is 0 Å². The van der Waals surface area contributed by atoms with Crippen LogP contribution in [0, 0.1) is 12.8 Å². The van der Waals surface area contributed by atoms with Gasteiger partial charge in [-0.1, -0.05) is 33.6 Å². The van der Waals surface area contributed by atoms with Crippen molar-refractivity contribution in [3.05, 3.63) is 23.7 Å². The van der Waals surface area contributed by atoms with Gasteiger partial charge >= 0.3 is 0 Å². The minimum Gasteiger partial charge on any atom is -0.467 e. The molecule has 1 aromatic rings. The summed E-state index contributed by atoms with van der Waals surface area (Å²) in [5, 5.41) is 3.52. The molecule has 92 valence electrons. The first kappa shape index (κ1) is 13.3.